The minimum Gasteiger partial charge on any atom is -0.381 e. The predicted octanol–water partition coefficient (Wildman–Crippen LogP) is 2.48. The first kappa shape index (κ1) is 14.9. The molecule has 3 heterocycles. The van der Waals surface area contributed by atoms with Crippen LogP contribution >= 0.6 is 0 Å². The molecule has 3 rings (SSSR count). The van der Waals surface area contributed by atoms with Crippen LogP contribution in [-0.4, -0.2) is 34.8 Å². The Morgan fingerprint density at radius 3 is 2.91 bits per heavy atom. The van der Waals surface area contributed by atoms with Crippen molar-refractivity contribution >= 4 is 5.82 Å². The lowest BCUT2D eigenvalue weighted by atomic mass is 10.1. The molecule has 22 heavy (non-hydrogen) atoms. The highest BCUT2D eigenvalue weighted by Crippen LogP contribution is 2.18. The average Bonchev–Trinajstić information content (AvgIpc) is 3.09. The second kappa shape index (κ2) is 7.29. The Balaban J connectivity index is 1.70. The van der Waals surface area contributed by atoms with E-state index in [4.69, 9.17) is 9.57 Å². The summed E-state index contributed by atoms with van der Waals surface area (Å²) in [5.74, 6) is 1.81. The van der Waals surface area contributed by atoms with Gasteiger partial charge in [-0.15, -0.1) is 0 Å². The van der Waals surface area contributed by atoms with Crippen molar-refractivity contribution in [1.82, 2.24) is 15.0 Å². The minimum atomic E-state index is 0.458. The van der Waals surface area contributed by atoms with E-state index in [9.17, 15) is 0 Å². The first-order valence-electron chi connectivity index (χ1n) is 7.59. The molecular formula is C16H20N4O2. The lowest BCUT2D eigenvalue weighted by Crippen LogP contribution is -2.14. The Morgan fingerprint density at radius 2 is 2.18 bits per heavy atom. The van der Waals surface area contributed by atoms with Crippen molar-refractivity contribution in [3.05, 3.63) is 36.3 Å². The molecule has 1 N–H and O–H groups in total. The van der Waals surface area contributed by atoms with Crippen molar-refractivity contribution in [3.63, 3.8) is 0 Å². The van der Waals surface area contributed by atoms with Crippen LogP contribution in [0.3, 0.4) is 0 Å². The molecule has 0 aromatic carbocycles. The molecule has 1 fully saturated rings. The van der Waals surface area contributed by atoms with Crippen molar-refractivity contribution in [2.75, 3.05) is 25.3 Å². The third kappa shape index (κ3) is 3.78. The number of hydrogen-bond acceptors (Lipinski definition) is 6. The van der Waals surface area contributed by atoms with E-state index in [0.717, 1.165) is 37.3 Å². The number of nitrogens with zero attached hydrogens (tertiary/aromatic N) is 3. The van der Waals surface area contributed by atoms with Crippen LogP contribution in [0.15, 0.2) is 30.6 Å². The van der Waals surface area contributed by atoms with Crippen LogP contribution in [0.1, 0.15) is 19.0 Å². The van der Waals surface area contributed by atoms with Gasteiger partial charge in [0.15, 0.2) is 11.6 Å². The van der Waals surface area contributed by atoms with Gasteiger partial charge in [0.05, 0.1) is 13.2 Å². The lowest BCUT2D eigenvalue weighted by molar-refractivity contribution is 0.126. The van der Waals surface area contributed by atoms with Gasteiger partial charge in [0.25, 0.3) is 0 Å². The summed E-state index contributed by atoms with van der Waals surface area (Å²) in [6, 6.07) is 5.71. The largest absolute Gasteiger partial charge is 0.381 e. The highest BCUT2D eigenvalue weighted by molar-refractivity contribution is 5.56. The number of aryl methyl sites for hydroxylation is 1. The lowest BCUT2D eigenvalue weighted by Gasteiger charge is -2.11. The van der Waals surface area contributed by atoms with E-state index >= 15 is 0 Å². The molecule has 0 radical (unpaired) electrons. The molecule has 1 aliphatic rings. The molecule has 6 heteroatoms. The third-order valence-corrected chi connectivity index (χ3v) is 3.60. The number of nitrogens with one attached hydrogen (secondary N) is 1. The molecule has 2 aromatic rings. The summed E-state index contributed by atoms with van der Waals surface area (Å²) in [5, 5.41) is 0. The summed E-state index contributed by atoms with van der Waals surface area (Å²) < 4.78 is 5.33. The molecule has 0 aliphatic carbocycles. The van der Waals surface area contributed by atoms with Crippen molar-refractivity contribution in [2.45, 2.75) is 19.8 Å². The van der Waals surface area contributed by atoms with Crippen molar-refractivity contribution in [1.29, 1.82) is 0 Å². The molecule has 1 unspecified atom stereocenters. The molecule has 116 valence electrons. The first-order chi connectivity index (χ1) is 10.8. The van der Waals surface area contributed by atoms with Gasteiger partial charge in [0.1, 0.15) is 0 Å². The SMILES string of the molecule is CCc1cc(NOCC2CCOC2)nc(-c2ccncc2)n1. The van der Waals surface area contributed by atoms with Gasteiger partial charge in [-0.05, 0) is 25.0 Å². The number of pyridine rings is 1. The van der Waals surface area contributed by atoms with E-state index in [1.54, 1.807) is 12.4 Å². The summed E-state index contributed by atoms with van der Waals surface area (Å²) in [5.41, 5.74) is 4.85. The topological polar surface area (TPSA) is 69.2 Å². The molecule has 1 atom stereocenters. The van der Waals surface area contributed by atoms with Gasteiger partial charge in [0, 0.05) is 42.2 Å². The van der Waals surface area contributed by atoms with Gasteiger partial charge < -0.3 is 4.74 Å². The van der Waals surface area contributed by atoms with Gasteiger partial charge in [-0.2, -0.15) is 0 Å². The predicted molar refractivity (Wildman–Crippen MR) is 83.1 cm³/mol. The van der Waals surface area contributed by atoms with Crippen LogP contribution in [0.4, 0.5) is 5.82 Å². The Kier molecular flexibility index (Phi) is 4.92. The summed E-state index contributed by atoms with van der Waals surface area (Å²) in [4.78, 5) is 18.6. The van der Waals surface area contributed by atoms with Crippen LogP contribution in [0.2, 0.25) is 0 Å². The van der Waals surface area contributed by atoms with Crippen molar-refractivity contribution in [2.24, 2.45) is 5.92 Å². The Morgan fingerprint density at radius 1 is 1.32 bits per heavy atom. The van der Waals surface area contributed by atoms with Crippen LogP contribution < -0.4 is 5.48 Å². The highest BCUT2D eigenvalue weighted by atomic mass is 16.6. The normalized spacial score (nSPS) is 17.6. The summed E-state index contributed by atoms with van der Waals surface area (Å²) >= 11 is 0. The smallest absolute Gasteiger partial charge is 0.161 e. The maximum absolute atomic E-state index is 5.56. The maximum atomic E-state index is 5.56. The highest BCUT2D eigenvalue weighted by Gasteiger charge is 2.16. The first-order valence-corrected chi connectivity index (χ1v) is 7.59. The van der Waals surface area contributed by atoms with Gasteiger partial charge in [-0.1, -0.05) is 6.92 Å². The summed E-state index contributed by atoms with van der Waals surface area (Å²) in [6.07, 6.45) is 5.36. The second-order valence-electron chi connectivity index (χ2n) is 5.30. The number of hydrogen-bond donors (Lipinski definition) is 1. The van der Waals surface area contributed by atoms with Gasteiger partial charge in [0.2, 0.25) is 0 Å². The van der Waals surface area contributed by atoms with Crippen molar-refractivity contribution in [3.8, 4) is 11.4 Å². The van der Waals surface area contributed by atoms with Crippen LogP contribution in [0.5, 0.6) is 0 Å². The monoisotopic (exact) mass is 300 g/mol. The third-order valence-electron chi connectivity index (χ3n) is 3.60. The Hall–Kier alpha value is -2.05. The fraction of sp³-hybridized carbons (Fsp3) is 0.438. The summed E-state index contributed by atoms with van der Waals surface area (Å²) in [7, 11) is 0. The van der Waals surface area contributed by atoms with E-state index in [1.165, 1.54) is 0 Å². The molecular weight excluding hydrogens is 280 g/mol. The number of aromatic nitrogens is 3. The van der Waals surface area contributed by atoms with Crippen LogP contribution in [-0.2, 0) is 16.0 Å². The molecule has 0 amide bonds. The number of ether oxygens (including phenoxy) is 1. The van der Waals surface area contributed by atoms with E-state index in [1.807, 2.05) is 18.2 Å². The quantitative estimate of drug-likeness (QED) is 0.827. The van der Waals surface area contributed by atoms with Crippen molar-refractivity contribution < 1.29 is 9.57 Å². The molecule has 0 bridgehead atoms. The van der Waals surface area contributed by atoms with Crippen LogP contribution in [0, 0.1) is 5.92 Å². The fourth-order valence-corrected chi connectivity index (χ4v) is 2.31. The Bertz CT molecular complexity index is 600. The standard InChI is InChI=1S/C16H20N4O2/c1-2-14-9-15(20-22-11-12-5-8-21-10-12)19-16(18-14)13-3-6-17-7-4-13/h3-4,6-7,9,12H,2,5,8,10-11H2,1H3,(H,18,19,20). The van der Waals surface area contributed by atoms with E-state index in [-0.39, 0.29) is 0 Å². The molecule has 2 aromatic heterocycles. The zero-order valence-corrected chi connectivity index (χ0v) is 12.7. The van der Waals surface area contributed by atoms with Gasteiger partial charge in [-0.3, -0.25) is 9.82 Å². The molecule has 6 nitrogen and oxygen atoms in total. The second-order valence-corrected chi connectivity index (χ2v) is 5.30. The zero-order valence-electron chi connectivity index (χ0n) is 12.7. The molecule has 1 aliphatic heterocycles. The van der Waals surface area contributed by atoms with E-state index in [2.05, 4.69) is 27.4 Å². The van der Waals surface area contributed by atoms with Gasteiger partial charge >= 0.3 is 0 Å². The van der Waals surface area contributed by atoms with E-state index in [0.29, 0.717) is 24.2 Å². The fourth-order valence-electron chi connectivity index (χ4n) is 2.31. The minimum absolute atomic E-state index is 0.458. The number of anilines is 1. The van der Waals surface area contributed by atoms with E-state index < -0.39 is 0 Å². The number of rotatable bonds is 6. The molecule has 0 saturated carbocycles. The van der Waals surface area contributed by atoms with Gasteiger partial charge in [-0.25, -0.2) is 15.4 Å². The Labute approximate surface area is 129 Å². The molecule has 0 spiro atoms. The molecule has 1 saturated heterocycles. The summed E-state index contributed by atoms with van der Waals surface area (Å²) in [6.45, 7) is 4.29. The average molecular weight is 300 g/mol. The maximum Gasteiger partial charge on any atom is 0.161 e. The zero-order chi connectivity index (χ0) is 15.2. The van der Waals surface area contributed by atoms with Crippen LogP contribution in [0.25, 0.3) is 11.4 Å².